The van der Waals surface area contributed by atoms with E-state index < -0.39 is 22.8 Å². The number of aromatic nitrogens is 2. The zero-order valence-corrected chi connectivity index (χ0v) is 16.0. The average Bonchev–Trinajstić information content (AvgIpc) is 2.94. The number of methoxy groups -OCH3 is 1. The molecule has 0 radical (unpaired) electrons. The molecule has 10 heteroatoms. The third-order valence-corrected chi connectivity index (χ3v) is 4.17. The van der Waals surface area contributed by atoms with Gasteiger partial charge >= 0.3 is 17.8 Å². The Bertz CT molecular complexity index is 865. The Morgan fingerprint density at radius 1 is 1.26 bits per heavy atom. The Morgan fingerprint density at radius 2 is 1.81 bits per heavy atom. The molecule has 10 nitrogen and oxygen atoms in total. The molecule has 1 unspecified atom stereocenters. The number of hydrogen-bond donors (Lipinski definition) is 1. The Kier molecular flexibility index (Phi) is 5.67. The van der Waals surface area contributed by atoms with Crippen LogP contribution < -0.4 is 5.32 Å². The van der Waals surface area contributed by atoms with Crippen molar-refractivity contribution in [3.63, 3.8) is 0 Å². The molecular formula is C17H22N4O6. The van der Waals surface area contributed by atoms with Gasteiger partial charge in [0, 0.05) is 11.4 Å². The van der Waals surface area contributed by atoms with E-state index in [1.54, 1.807) is 27.7 Å². The van der Waals surface area contributed by atoms with Crippen molar-refractivity contribution in [1.82, 2.24) is 14.9 Å². The van der Waals surface area contributed by atoms with Crippen LogP contribution in [0.15, 0.2) is 28.7 Å². The van der Waals surface area contributed by atoms with Gasteiger partial charge in [-0.3, -0.25) is 0 Å². The van der Waals surface area contributed by atoms with Crippen molar-refractivity contribution < 1.29 is 24.0 Å². The molecule has 0 spiro atoms. The topological polar surface area (TPSA) is 126 Å². The minimum absolute atomic E-state index is 0.141. The molecule has 1 aliphatic heterocycles. The van der Waals surface area contributed by atoms with Crippen LogP contribution in [0.1, 0.15) is 39.4 Å². The molecular weight excluding hydrogens is 356 g/mol. The summed E-state index contributed by atoms with van der Waals surface area (Å²) in [6, 6.07) is 0. The fourth-order valence-corrected chi connectivity index (χ4v) is 3.03. The maximum atomic E-state index is 12.8. The summed E-state index contributed by atoms with van der Waals surface area (Å²) < 4.78 is 11.4. The number of nitrogens with one attached hydrogen (secondary N) is 1. The maximum Gasteiger partial charge on any atom is 0.342 e. The fraction of sp³-hybridized carbons (Fsp3) is 0.471. The van der Waals surface area contributed by atoms with Gasteiger partial charge in [0.05, 0.1) is 31.4 Å². The van der Waals surface area contributed by atoms with Gasteiger partial charge in [-0.25, -0.2) is 19.1 Å². The Morgan fingerprint density at radius 3 is 2.26 bits per heavy atom. The monoisotopic (exact) mass is 378 g/mol. The van der Waals surface area contributed by atoms with E-state index in [-0.39, 0.29) is 28.9 Å². The lowest BCUT2D eigenvalue weighted by molar-refractivity contribution is -0.391. The van der Waals surface area contributed by atoms with Crippen molar-refractivity contribution >= 4 is 17.8 Å². The number of rotatable bonds is 5. The van der Waals surface area contributed by atoms with Gasteiger partial charge in [0.2, 0.25) is 5.82 Å². The predicted molar refractivity (Wildman–Crippen MR) is 94.4 cm³/mol. The first-order valence-electron chi connectivity index (χ1n) is 8.23. The number of ether oxygens (including phenoxy) is 2. The molecule has 1 aromatic heterocycles. The largest absolute Gasteiger partial charge is 0.466 e. The number of carbonyl (C=O) groups excluding carboxylic acids is 2. The molecule has 27 heavy (non-hydrogen) atoms. The van der Waals surface area contributed by atoms with Gasteiger partial charge in [0.25, 0.3) is 0 Å². The summed E-state index contributed by atoms with van der Waals surface area (Å²) >= 11 is 0. The van der Waals surface area contributed by atoms with Crippen LogP contribution >= 0.6 is 0 Å². The standard InChI is InChI=1S/C17H22N4O6/c1-8(2)27-17(23)13-10(4)19-9(3)12(16(22)26-6)14(13)15-18-7-11(20(15)5)21(24)25/h7-8,14,19H,1-6H3. The predicted octanol–water partition coefficient (Wildman–Crippen LogP) is 1.69. The summed E-state index contributed by atoms with van der Waals surface area (Å²) in [6.45, 7) is 6.73. The lowest BCUT2D eigenvalue weighted by Crippen LogP contribution is -2.34. The number of imidazole rings is 1. The van der Waals surface area contributed by atoms with Crippen LogP contribution in [0.25, 0.3) is 0 Å². The third-order valence-electron chi connectivity index (χ3n) is 4.17. The quantitative estimate of drug-likeness (QED) is 0.466. The molecule has 0 aromatic carbocycles. The number of hydrogen-bond acceptors (Lipinski definition) is 8. The van der Waals surface area contributed by atoms with Crippen LogP contribution in [-0.2, 0) is 26.1 Å². The van der Waals surface area contributed by atoms with Crippen LogP contribution in [0.4, 0.5) is 5.82 Å². The van der Waals surface area contributed by atoms with Crippen molar-refractivity contribution in [2.45, 2.75) is 39.7 Å². The minimum Gasteiger partial charge on any atom is -0.466 e. The molecule has 0 bridgehead atoms. The summed E-state index contributed by atoms with van der Waals surface area (Å²) in [5, 5.41) is 14.2. The van der Waals surface area contributed by atoms with Crippen LogP contribution in [-0.4, -0.2) is 39.6 Å². The summed E-state index contributed by atoms with van der Waals surface area (Å²) in [5.74, 6) is -2.38. The highest BCUT2D eigenvalue weighted by molar-refractivity contribution is 5.99. The van der Waals surface area contributed by atoms with E-state index in [9.17, 15) is 19.7 Å². The van der Waals surface area contributed by atoms with E-state index in [2.05, 4.69) is 10.3 Å². The molecule has 1 aromatic rings. The van der Waals surface area contributed by atoms with E-state index in [1.807, 2.05) is 0 Å². The minimum atomic E-state index is -0.969. The Balaban J connectivity index is 2.72. The number of dihydropyridines is 1. The van der Waals surface area contributed by atoms with E-state index >= 15 is 0 Å². The summed E-state index contributed by atoms with van der Waals surface area (Å²) in [7, 11) is 2.67. The molecule has 1 N–H and O–H groups in total. The van der Waals surface area contributed by atoms with Crippen molar-refractivity contribution in [3.8, 4) is 0 Å². The van der Waals surface area contributed by atoms with Crippen molar-refractivity contribution in [3.05, 3.63) is 44.7 Å². The lowest BCUT2D eigenvalue weighted by Gasteiger charge is -2.28. The highest BCUT2D eigenvalue weighted by Crippen LogP contribution is 2.39. The first kappa shape index (κ1) is 20.1. The summed E-state index contributed by atoms with van der Waals surface area (Å²) in [5.41, 5.74) is 1.23. The Labute approximate surface area is 156 Å². The number of carbonyl (C=O) groups is 2. The van der Waals surface area contributed by atoms with E-state index in [1.165, 1.54) is 18.7 Å². The van der Waals surface area contributed by atoms with Crippen molar-refractivity contribution in [1.29, 1.82) is 0 Å². The highest BCUT2D eigenvalue weighted by Gasteiger charge is 2.42. The Hall–Kier alpha value is -3.17. The van der Waals surface area contributed by atoms with Gasteiger partial charge in [-0.2, -0.15) is 0 Å². The zero-order chi connectivity index (χ0) is 20.5. The molecule has 1 atom stereocenters. The van der Waals surface area contributed by atoms with Gasteiger partial charge < -0.3 is 24.9 Å². The first-order valence-corrected chi connectivity index (χ1v) is 8.23. The van der Waals surface area contributed by atoms with Crippen LogP contribution in [0.3, 0.4) is 0 Å². The highest BCUT2D eigenvalue weighted by atomic mass is 16.6. The second-order valence-electron chi connectivity index (χ2n) is 6.37. The number of nitrogens with zero attached hydrogens (tertiary/aromatic N) is 3. The molecule has 0 fully saturated rings. The third kappa shape index (κ3) is 3.69. The number of allylic oxidation sites excluding steroid dienone is 2. The number of nitro groups is 1. The van der Waals surface area contributed by atoms with E-state index in [0.717, 1.165) is 6.20 Å². The van der Waals surface area contributed by atoms with Crippen LogP contribution in [0.2, 0.25) is 0 Å². The van der Waals surface area contributed by atoms with Crippen molar-refractivity contribution in [2.75, 3.05) is 7.11 Å². The molecule has 2 rings (SSSR count). The second kappa shape index (κ2) is 7.60. The van der Waals surface area contributed by atoms with Gasteiger partial charge in [-0.1, -0.05) is 0 Å². The van der Waals surface area contributed by atoms with Gasteiger partial charge in [-0.15, -0.1) is 0 Å². The zero-order valence-electron chi connectivity index (χ0n) is 16.0. The van der Waals surface area contributed by atoms with Crippen molar-refractivity contribution in [2.24, 2.45) is 7.05 Å². The molecule has 2 heterocycles. The van der Waals surface area contributed by atoms with Gasteiger partial charge in [0.15, 0.2) is 0 Å². The van der Waals surface area contributed by atoms with Gasteiger partial charge in [0.1, 0.15) is 12.1 Å². The van der Waals surface area contributed by atoms with Gasteiger partial charge in [-0.05, 0) is 32.6 Å². The van der Waals surface area contributed by atoms with E-state index in [4.69, 9.17) is 9.47 Å². The lowest BCUT2D eigenvalue weighted by atomic mass is 9.84. The average molecular weight is 378 g/mol. The molecule has 0 saturated carbocycles. The molecule has 146 valence electrons. The maximum absolute atomic E-state index is 12.8. The molecule has 0 amide bonds. The number of esters is 2. The van der Waals surface area contributed by atoms with Crippen LogP contribution in [0.5, 0.6) is 0 Å². The fourth-order valence-electron chi connectivity index (χ4n) is 3.03. The SMILES string of the molecule is COC(=O)C1=C(C)NC(C)=C(C(=O)OC(C)C)C1c1ncc([N+](=O)[O-])n1C. The molecule has 0 saturated heterocycles. The summed E-state index contributed by atoms with van der Waals surface area (Å²) in [4.78, 5) is 39.9. The summed E-state index contributed by atoms with van der Waals surface area (Å²) in [6.07, 6.45) is 0.699. The van der Waals surface area contributed by atoms with Crippen LogP contribution in [0, 0.1) is 10.1 Å². The molecule has 0 aliphatic carbocycles. The first-order chi connectivity index (χ1) is 12.6. The molecule has 1 aliphatic rings. The smallest absolute Gasteiger partial charge is 0.342 e. The van der Waals surface area contributed by atoms with E-state index in [0.29, 0.717) is 11.4 Å². The normalized spacial score (nSPS) is 17.1. The second-order valence-corrected chi connectivity index (χ2v) is 6.37.